The van der Waals surface area contributed by atoms with Crippen LogP contribution in [-0.2, 0) is 13.5 Å². The molecule has 62 valence electrons. The monoisotopic (exact) mass is 171 g/mol. The van der Waals surface area contributed by atoms with Crippen molar-refractivity contribution in [3.63, 3.8) is 0 Å². The molecule has 1 aromatic heterocycles. The quantitative estimate of drug-likeness (QED) is 0.639. The molecule has 1 aromatic rings. The van der Waals surface area contributed by atoms with Crippen LogP contribution in [0, 0.1) is 0 Å². The lowest BCUT2D eigenvalue weighted by Gasteiger charge is -2.03. The second-order valence-corrected chi connectivity index (χ2v) is 3.35. The highest BCUT2D eigenvalue weighted by atomic mass is 32.1. The first-order valence-corrected chi connectivity index (χ1v) is 4.09. The van der Waals surface area contributed by atoms with E-state index in [1.54, 1.807) is 4.68 Å². The van der Waals surface area contributed by atoms with Crippen molar-refractivity contribution in [1.82, 2.24) is 9.78 Å². The molecular weight excluding hydrogens is 158 g/mol. The van der Waals surface area contributed by atoms with Crippen molar-refractivity contribution >= 4 is 12.6 Å². The molecule has 0 bridgehead atoms. The van der Waals surface area contributed by atoms with Gasteiger partial charge in [0.05, 0.1) is 6.20 Å². The zero-order valence-electron chi connectivity index (χ0n) is 6.57. The lowest BCUT2D eigenvalue weighted by atomic mass is 10.2. The Morgan fingerprint density at radius 2 is 2.55 bits per heavy atom. The lowest BCUT2D eigenvalue weighted by molar-refractivity contribution is 0.766. The minimum atomic E-state index is 0.249. The van der Waals surface area contributed by atoms with E-state index in [0.717, 1.165) is 6.42 Å². The fourth-order valence-corrected chi connectivity index (χ4v) is 1.14. The average Bonchev–Trinajstić information content (AvgIpc) is 2.35. The summed E-state index contributed by atoms with van der Waals surface area (Å²) in [5.41, 5.74) is 6.62. The van der Waals surface area contributed by atoms with Crippen molar-refractivity contribution < 1.29 is 0 Å². The third kappa shape index (κ3) is 2.55. The number of nitrogens with two attached hydrogens (primary N) is 1. The van der Waals surface area contributed by atoms with Gasteiger partial charge >= 0.3 is 0 Å². The molecule has 1 unspecified atom stereocenters. The number of rotatable bonds is 3. The molecule has 1 atom stereocenters. The van der Waals surface area contributed by atoms with E-state index in [9.17, 15) is 0 Å². The summed E-state index contributed by atoms with van der Waals surface area (Å²) in [6, 6.07) is 0. The highest BCUT2D eigenvalue weighted by Crippen LogP contribution is 2.04. The van der Waals surface area contributed by atoms with E-state index in [4.69, 9.17) is 5.73 Å². The summed E-state index contributed by atoms with van der Waals surface area (Å²) in [7, 11) is 1.90. The summed E-state index contributed by atoms with van der Waals surface area (Å²) in [6.45, 7) is 0.609. The maximum absolute atomic E-state index is 5.42. The molecule has 0 saturated heterocycles. The van der Waals surface area contributed by atoms with Crippen LogP contribution in [0.25, 0.3) is 0 Å². The smallest absolute Gasteiger partial charge is 0.0522 e. The van der Waals surface area contributed by atoms with Crippen molar-refractivity contribution in [2.75, 3.05) is 6.54 Å². The van der Waals surface area contributed by atoms with Gasteiger partial charge in [-0.25, -0.2) is 0 Å². The van der Waals surface area contributed by atoms with Crippen LogP contribution in [0.2, 0.25) is 0 Å². The Hall–Kier alpha value is -0.480. The summed E-state index contributed by atoms with van der Waals surface area (Å²) in [6.07, 6.45) is 4.73. The zero-order valence-corrected chi connectivity index (χ0v) is 7.46. The standard InChI is InChI=1S/C7H13N3S/c1-10-5-6(4-9-10)2-7(11)3-8/h4-5,7,11H,2-3,8H2,1H3. The van der Waals surface area contributed by atoms with Crippen LogP contribution in [0.5, 0.6) is 0 Å². The maximum Gasteiger partial charge on any atom is 0.0522 e. The van der Waals surface area contributed by atoms with E-state index in [2.05, 4.69) is 17.7 Å². The van der Waals surface area contributed by atoms with Crippen molar-refractivity contribution in [3.05, 3.63) is 18.0 Å². The first-order chi connectivity index (χ1) is 5.22. The molecule has 2 N–H and O–H groups in total. The van der Waals surface area contributed by atoms with Gasteiger partial charge in [0, 0.05) is 25.0 Å². The SMILES string of the molecule is Cn1cc(CC(S)CN)cn1. The number of aromatic nitrogens is 2. The second-order valence-electron chi connectivity index (χ2n) is 2.62. The zero-order chi connectivity index (χ0) is 8.27. The first kappa shape index (κ1) is 8.62. The summed E-state index contributed by atoms with van der Waals surface area (Å²) < 4.78 is 1.78. The van der Waals surface area contributed by atoms with Crippen LogP contribution in [0.4, 0.5) is 0 Å². The molecule has 0 spiro atoms. The molecule has 11 heavy (non-hydrogen) atoms. The fourth-order valence-electron chi connectivity index (χ4n) is 0.933. The Morgan fingerprint density at radius 1 is 1.82 bits per heavy atom. The third-order valence-corrected chi connectivity index (χ3v) is 1.90. The molecule has 0 radical (unpaired) electrons. The number of hydrogen-bond acceptors (Lipinski definition) is 3. The molecule has 0 aliphatic rings. The van der Waals surface area contributed by atoms with Crippen LogP contribution in [0.1, 0.15) is 5.56 Å². The van der Waals surface area contributed by atoms with Crippen LogP contribution < -0.4 is 5.73 Å². The van der Waals surface area contributed by atoms with E-state index in [1.165, 1.54) is 5.56 Å². The Morgan fingerprint density at radius 3 is 3.00 bits per heavy atom. The van der Waals surface area contributed by atoms with E-state index in [-0.39, 0.29) is 5.25 Å². The van der Waals surface area contributed by atoms with Gasteiger partial charge in [0.25, 0.3) is 0 Å². The molecular formula is C7H13N3S. The number of aryl methyl sites for hydroxylation is 1. The van der Waals surface area contributed by atoms with Gasteiger partial charge in [-0.05, 0) is 12.0 Å². The Bertz CT molecular complexity index is 221. The van der Waals surface area contributed by atoms with E-state index in [0.29, 0.717) is 6.54 Å². The van der Waals surface area contributed by atoms with Crippen LogP contribution in [-0.4, -0.2) is 21.6 Å². The Labute approximate surface area is 72.0 Å². The van der Waals surface area contributed by atoms with Gasteiger partial charge in [-0.15, -0.1) is 0 Å². The van der Waals surface area contributed by atoms with Crippen molar-refractivity contribution in [2.24, 2.45) is 12.8 Å². The van der Waals surface area contributed by atoms with Crippen LogP contribution >= 0.6 is 12.6 Å². The average molecular weight is 171 g/mol. The van der Waals surface area contributed by atoms with E-state index in [1.807, 2.05) is 19.4 Å². The van der Waals surface area contributed by atoms with E-state index >= 15 is 0 Å². The highest BCUT2D eigenvalue weighted by molar-refractivity contribution is 7.81. The largest absolute Gasteiger partial charge is 0.329 e. The van der Waals surface area contributed by atoms with E-state index < -0.39 is 0 Å². The minimum Gasteiger partial charge on any atom is -0.329 e. The minimum absolute atomic E-state index is 0.249. The number of nitrogens with zero attached hydrogens (tertiary/aromatic N) is 2. The predicted molar refractivity (Wildman–Crippen MR) is 48.7 cm³/mol. The molecule has 1 heterocycles. The van der Waals surface area contributed by atoms with Crippen molar-refractivity contribution in [2.45, 2.75) is 11.7 Å². The van der Waals surface area contributed by atoms with Crippen LogP contribution in [0.3, 0.4) is 0 Å². The Balaban J connectivity index is 2.50. The molecule has 0 aliphatic carbocycles. The first-order valence-electron chi connectivity index (χ1n) is 3.58. The van der Waals surface area contributed by atoms with Crippen LogP contribution in [0.15, 0.2) is 12.4 Å². The number of hydrogen-bond donors (Lipinski definition) is 2. The fraction of sp³-hybridized carbons (Fsp3) is 0.571. The number of thiol groups is 1. The molecule has 3 nitrogen and oxygen atoms in total. The summed E-state index contributed by atoms with van der Waals surface area (Å²) in [4.78, 5) is 0. The normalized spacial score (nSPS) is 13.4. The van der Waals surface area contributed by atoms with Crippen molar-refractivity contribution in [3.8, 4) is 0 Å². The highest BCUT2D eigenvalue weighted by Gasteiger charge is 2.02. The molecule has 4 heteroatoms. The molecule has 0 aromatic carbocycles. The second kappa shape index (κ2) is 3.78. The third-order valence-electron chi connectivity index (χ3n) is 1.50. The molecule has 0 fully saturated rings. The summed E-state index contributed by atoms with van der Waals surface area (Å²) in [5, 5.41) is 4.30. The molecule has 0 saturated carbocycles. The molecule has 0 aliphatic heterocycles. The van der Waals surface area contributed by atoms with Gasteiger partial charge in [-0.1, -0.05) is 0 Å². The lowest BCUT2D eigenvalue weighted by Crippen LogP contribution is -2.16. The van der Waals surface area contributed by atoms with Gasteiger partial charge in [-0.3, -0.25) is 4.68 Å². The Kier molecular flexibility index (Phi) is 2.96. The van der Waals surface area contributed by atoms with Gasteiger partial charge in [0.2, 0.25) is 0 Å². The van der Waals surface area contributed by atoms with Gasteiger partial charge in [0.1, 0.15) is 0 Å². The molecule has 0 amide bonds. The summed E-state index contributed by atoms with van der Waals surface area (Å²) in [5.74, 6) is 0. The summed E-state index contributed by atoms with van der Waals surface area (Å²) >= 11 is 4.29. The van der Waals surface area contributed by atoms with Gasteiger partial charge in [-0.2, -0.15) is 17.7 Å². The van der Waals surface area contributed by atoms with Gasteiger partial charge < -0.3 is 5.73 Å². The maximum atomic E-state index is 5.42. The predicted octanol–water partition coefficient (Wildman–Crippen LogP) is 0.220. The topological polar surface area (TPSA) is 43.8 Å². The van der Waals surface area contributed by atoms with Crippen molar-refractivity contribution in [1.29, 1.82) is 0 Å². The van der Waals surface area contributed by atoms with Gasteiger partial charge in [0.15, 0.2) is 0 Å². The molecule has 1 rings (SSSR count).